The zero-order valence-corrected chi connectivity index (χ0v) is 37.7. The van der Waals surface area contributed by atoms with E-state index in [1.165, 1.54) is 24.7 Å². The molecule has 3 amide bonds. The Kier molecular flexibility index (Phi) is 18.3. The van der Waals surface area contributed by atoms with E-state index in [4.69, 9.17) is 19.4 Å². The SMILES string of the molecule is COC(=O)[C@H](CN(c1ccc(Oc2ccc(C)cc2)cc1)S(C)(=O)=O)NC(=O)C(C)C.Cc1ccc(Oc2ccc(N(C[C@H](NC(=O)C(C)C)C(=O)NO)S(C)(=O)=O)cc2)cc1. The molecule has 4 aromatic rings. The number of benzene rings is 4. The Morgan fingerprint density at radius 1 is 0.548 bits per heavy atom. The highest BCUT2D eigenvalue weighted by Gasteiger charge is 2.31. The molecule has 0 fully saturated rings. The van der Waals surface area contributed by atoms with Gasteiger partial charge in [-0.3, -0.25) is 28.2 Å². The molecular weight excluding hydrogens is 843 g/mol. The molecule has 0 saturated carbocycles. The van der Waals surface area contributed by atoms with Crippen LogP contribution in [0.3, 0.4) is 0 Å². The fourth-order valence-electron chi connectivity index (χ4n) is 5.31. The van der Waals surface area contributed by atoms with Crippen molar-refractivity contribution in [2.24, 2.45) is 11.8 Å². The van der Waals surface area contributed by atoms with Crippen LogP contribution in [-0.4, -0.2) is 90.5 Å². The number of nitrogens with one attached hydrogen (secondary N) is 3. The van der Waals surface area contributed by atoms with Crippen LogP contribution >= 0.6 is 0 Å². The summed E-state index contributed by atoms with van der Waals surface area (Å²) >= 11 is 0. The van der Waals surface area contributed by atoms with Crippen molar-refractivity contribution in [2.45, 2.75) is 53.6 Å². The quantitative estimate of drug-likeness (QED) is 0.0584. The van der Waals surface area contributed by atoms with E-state index in [-0.39, 0.29) is 24.1 Å². The molecule has 0 aliphatic rings. The first kappa shape index (κ1) is 50.2. The predicted molar refractivity (Wildman–Crippen MR) is 235 cm³/mol. The van der Waals surface area contributed by atoms with Crippen LogP contribution in [0.1, 0.15) is 38.8 Å². The molecule has 0 aromatic heterocycles. The fraction of sp³-hybridized carbons (Fsp3) is 0.349. The third-order valence-electron chi connectivity index (χ3n) is 8.85. The maximum absolute atomic E-state index is 12.4. The number of anilines is 2. The highest BCUT2D eigenvalue weighted by molar-refractivity contribution is 7.92. The average Bonchev–Trinajstić information content (AvgIpc) is 3.21. The molecule has 19 heteroatoms. The van der Waals surface area contributed by atoms with Gasteiger partial charge in [-0.1, -0.05) is 63.1 Å². The summed E-state index contributed by atoms with van der Waals surface area (Å²) < 4.78 is 67.9. The first-order chi connectivity index (χ1) is 29.0. The summed E-state index contributed by atoms with van der Waals surface area (Å²) in [6, 6.07) is 25.2. The first-order valence-corrected chi connectivity index (χ1v) is 23.0. The van der Waals surface area contributed by atoms with Gasteiger partial charge in [0.2, 0.25) is 31.9 Å². The summed E-state index contributed by atoms with van der Waals surface area (Å²) in [6.07, 6.45) is 2.02. The van der Waals surface area contributed by atoms with Gasteiger partial charge in [0.25, 0.3) is 5.91 Å². The number of hydrogen-bond donors (Lipinski definition) is 4. The second-order valence-corrected chi connectivity index (χ2v) is 18.7. The van der Waals surface area contributed by atoms with E-state index in [0.717, 1.165) is 32.2 Å². The highest BCUT2D eigenvalue weighted by atomic mass is 32.2. The number of hydroxylamine groups is 1. The summed E-state index contributed by atoms with van der Waals surface area (Å²) in [7, 11) is -6.38. The summed E-state index contributed by atoms with van der Waals surface area (Å²) in [4.78, 5) is 48.3. The Balaban J connectivity index is 0.000000330. The number of methoxy groups -OCH3 is 1. The van der Waals surface area contributed by atoms with E-state index < -0.39 is 62.4 Å². The standard InChI is InChI=1S/C22H28N2O6S.C21H27N3O6S/c1-15(2)21(25)23-20(22(26)29-4)14-24(31(5,27)28)17-8-12-19(13-9-17)30-18-10-6-16(3)7-11-18;1-14(2)20(25)22-19(21(26)23-27)13-24(31(4,28)29)16-7-11-18(12-8-16)30-17-9-5-15(3)6-10-17/h6-13,15,20H,14H2,1-5H3,(H,23,25);5-12,14,19,27H,13H2,1-4H3,(H,22,25)(H,23,26)/t20-;19-/m00/s1. The number of amides is 3. The molecule has 336 valence electrons. The van der Waals surface area contributed by atoms with Crippen molar-refractivity contribution in [1.82, 2.24) is 16.1 Å². The number of esters is 1. The Hall–Kier alpha value is -6.18. The topological polar surface area (TPSA) is 227 Å². The molecule has 0 aliphatic carbocycles. The van der Waals surface area contributed by atoms with Crippen LogP contribution in [-0.2, 0) is 44.0 Å². The van der Waals surface area contributed by atoms with Crippen molar-refractivity contribution in [3.63, 3.8) is 0 Å². The van der Waals surface area contributed by atoms with Gasteiger partial charge in [-0.2, -0.15) is 0 Å². The number of carbonyl (C=O) groups is 4. The summed E-state index contributed by atoms with van der Waals surface area (Å²) in [5.74, 6) is -0.998. The molecule has 0 heterocycles. The van der Waals surface area contributed by atoms with E-state index >= 15 is 0 Å². The minimum absolute atomic E-state index is 0.272. The predicted octanol–water partition coefficient (Wildman–Crippen LogP) is 5.07. The Labute approximate surface area is 363 Å². The van der Waals surface area contributed by atoms with E-state index in [2.05, 4.69) is 10.6 Å². The van der Waals surface area contributed by atoms with Crippen molar-refractivity contribution in [3.05, 3.63) is 108 Å². The van der Waals surface area contributed by atoms with Gasteiger partial charge in [0, 0.05) is 11.8 Å². The molecule has 0 radical (unpaired) electrons. The molecule has 0 unspecified atom stereocenters. The van der Waals surface area contributed by atoms with E-state index in [0.29, 0.717) is 28.7 Å². The Morgan fingerprint density at radius 3 is 1.15 bits per heavy atom. The fourth-order valence-corrected chi connectivity index (χ4v) is 7.16. The molecule has 4 N–H and O–H groups in total. The average molecular weight is 898 g/mol. The molecule has 0 spiro atoms. The van der Waals surface area contributed by atoms with Crippen LogP contribution in [0.5, 0.6) is 23.0 Å². The molecule has 2 atom stereocenters. The number of hydrogen-bond acceptors (Lipinski definition) is 12. The van der Waals surface area contributed by atoms with Gasteiger partial charge in [0.05, 0.1) is 44.1 Å². The zero-order chi connectivity index (χ0) is 46.4. The van der Waals surface area contributed by atoms with E-state index in [9.17, 15) is 36.0 Å². The van der Waals surface area contributed by atoms with Crippen molar-refractivity contribution < 1.29 is 55.4 Å². The third kappa shape index (κ3) is 15.7. The van der Waals surface area contributed by atoms with Crippen LogP contribution in [0.25, 0.3) is 0 Å². The number of carbonyl (C=O) groups excluding carboxylic acids is 4. The lowest BCUT2D eigenvalue weighted by Crippen LogP contribution is -2.54. The van der Waals surface area contributed by atoms with Crippen molar-refractivity contribution >= 4 is 55.1 Å². The van der Waals surface area contributed by atoms with Crippen LogP contribution < -0.4 is 34.2 Å². The monoisotopic (exact) mass is 897 g/mol. The minimum atomic E-state index is -3.81. The molecule has 0 bridgehead atoms. The Bertz CT molecular complexity index is 2170. The maximum Gasteiger partial charge on any atom is 0.330 e. The van der Waals surface area contributed by atoms with E-state index in [1.54, 1.807) is 64.1 Å². The molecule has 62 heavy (non-hydrogen) atoms. The maximum atomic E-state index is 12.4. The highest BCUT2D eigenvalue weighted by Crippen LogP contribution is 2.28. The van der Waals surface area contributed by atoms with Gasteiger partial charge in [-0.15, -0.1) is 0 Å². The van der Waals surface area contributed by atoms with Crippen LogP contribution in [0.15, 0.2) is 97.1 Å². The van der Waals surface area contributed by atoms with Gasteiger partial charge in [0.1, 0.15) is 35.1 Å². The lowest BCUT2D eigenvalue weighted by atomic mass is 10.1. The lowest BCUT2D eigenvalue weighted by molar-refractivity contribution is -0.145. The molecule has 0 saturated heterocycles. The van der Waals surface area contributed by atoms with Crippen molar-refractivity contribution in [1.29, 1.82) is 0 Å². The van der Waals surface area contributed by atoms with Gasteiger partial charge in [0.15, 0.2) is 0 Å². The van der Waals surface area contributed by atoms with Crippen molar-refractivity contribution in [2.75, 3.05) is 41.3 Å². The van der Waals surface area contributed by atoms with Gasteiger partial charge < -0.3 is 24.8 Å². The minimum Gasteiger partial charge on any atom is -0.467 e. The second-order valence-electron chi connectivity index (χ2n) is 14.8. The normalized spacial score (nSPS) is 12.2. The van der Waals surface area contributed by atoms with Gasteiger partial charge in [-0.25, -0.2) is 27.1 Å². The number of ether oxygens (including phenoxy) is 3. The molecule has 0 aliphatic heterocycles. The molecule has 4 rings (SSSR count). The summed E-state index contributed by atoms with van der Waals surface area (Å²) in [5.41, 5.74) is 4.26. The number of sulfonamides is 2. The van der Waals surface area contributed by atoms with Crippen LogP contribution in [0.2, 0.25) is 0 Å². The van der Waals surface area contributed by atoms with Crippen molar-refractivity contribution in [3.8, 4) is 23.0 Å². The number of nitrogens with zero attached hydrogens (tertiary/aromatic N) is 2. The first-order valence-electron chi connectivity index (χ1n) is 19.3. The van der Waals surface area contributed by atoms with Gasteiger partial charge in [-0.05, 0) is 86.6 Å². The lowest BCUT2D eigenvalue weighted by Gasteiger charge is -2.27. The smallest absolute Gasteiger partial charge is 0.330 e. The molecule has 17 nitrogen and oxygen atoms in total. The second kappa shape index (κ2) is 22.6. The summed E-state index contributed by atoms with van der Waals surface area (Å²) in [6.45, 7) is 9.84. The molecule has 4 aromatic carbocycles. The largest absolute Gasteiger partial charge is 0.467 e. The summed E-state index contributed by atoms with van der Waals surface area (Å²) in [5, 5.41) is 14.0. The van der Waals surface area contributed by atoms with Crippen LogP contribution in [0, 0.1) is 25.7 Å². The number of aryl methyl sites for hydroxylation is 2. The zero-order valence-electron chi connectivity index (χ0n) is 36.1. The molecular formula is C43H55N5O12S2. The van der Waals surface area contributed by atoms with Crippen LogP contribution in [0.4, 0.5) is 11.4 Å². The Morgan fingerprint density at radius 2 is 0.855 bits per heavy atom. The number of rotatable bonds is 18. The van der Waals surface area contributed by atoms with Gasteiger partial charge >= 0.3 is 5.97 Å². The van der Waals surface area contributed by atoms with E-state index in [1.807, 2.05) is 62.4 Å². The third-order valence-corrected chi connectivity index (χ3v) is 11.2.